The highest BCUT2D eigenvalue weighted by Crippen LogP contribution is 2.47. The van der Waals surface area contributed by atoms with Gasteiger partial charge in [0.05, 0.1) is 24.6 Å². The third-order valence-electron chi connectivity index (χ3n) is 5.47. The smallest absolute Gasteiger partial charge is 0.389 e. The lowest BCUT2D eigenvalue weighted by Gasteiger charge is -2.30. The standard InChI is InChI=1S/C24H34N3O7PS2/c1-16-10-11-27(23(31)26-16)21-20(29)19(28)18(37-21)15-34-35(32,25-14-17-8-6-5-7-9-17)33-12-13-36-22(30)24(2,3)4/h5-11,18-21,28-29H,1,12-15H2,2-4H3,(H,25,32)(H,26,31)/t18-,19-,20-,21-,35-/m1/s1. The Labute approximate surface area is 225 Å². The summed E-state index contributed by atoms with van der Waals surface area (Å²) in [6.45, 7) is 9.14. The average Bonchev–Trinajstić information content (AvgIpc) is 3.13. The van der Waals surface area contributed by atoms with E-state index in [0.717, 1.165) is 29.1 Å². The topological polar surface area (TPSA) is 137 Å². The zero-order valence-corrected chi connectivity index (χ0v) is 23.6. The Bertz CT molecular complexity index is 1050. The third-order valence-corrected chi connectivity index (χ3v) is 9.82. The van der Waals surface area contributed by atoms with Crippen LogP contribution in [0, 0.1) is 5.41 Å². The number of benzene rings is 1. The summed E-state index contributed by atoms with van der Waals surface area (Å²) in [5.74, 6) is 0.291. The molecule has 1 saturated heterocycles. The summed E-state index contributed by atoms with van der Waals surface area (Å²) < 4.78 is 24.8. The van der Waals surface area contributed by atoms with E-state index in [-0.39, 0.29) is 24.9 Å². The average molecular weight is 572 g/mol. The fourth-order valence-electron chi connectivity index (χ4n) is 3.37. The molecule has 1 fully saturated rings. The molecule has 2 aliphatic rings. The van der Waals surface area contributed by atoms with Crippen molar-refractivity contribution in [3.63, 3.8) is 0 Å². The molecule has 0 spiro atoms. The van der Waals surface area contributed by atoms with Gasteiger partial charge in [-0.2, -0.15) is 0 Å². The maximum Gasteiger partial charge on any atom is 0.405 e. The fraction of sp³-hybridized carbons (Fsp3) is 0.500. The predicted molar refractivity (Wildman–Crippen MR) is 146 cm³/mol. The molecule has 2 amide bonds. The Morgan fingerprint density at radius 2 is 1.95 bits per heavy atom. The second-order valence-electron chi connectivity index (χ2n) is 9.56. The van der Waals surface area contributed by atoms with Crippen molar-refractivity contribution in [3.05, 3.63) is 60.4 Å². The van der Waals surface area contributed by atoms with Crippen LogP contribution in [0.1, 0.15) is 26.3 Å². The minimum Gasteiger partial charge on any atom is -0.389 e. The quantitative estimate of drug-likeness (QED) is 0.231. The van der Waals surface area contributed by atoms with Gasteiger partial charge in [0.2, 0.25) is 0 Å². The van der Waals surface area contributed by atoms with Crippen molar-refractivity contribution in [2.24, 2.45) is 5.41 Å². The van der Waals surface area contributed by atoms with Crippen molar-refractivity contribution < 1.29 is 33.4 Å². The molecule has 0 aliphatic carbocycles. The van der Waals surface area contributed by atoms with Gasteiger partial charge in [0.15, 0.2) is 5.12 Å². The summed E-state index contributed by atoms with van der Waals surface area (Å²) in [7, 11) is -3.86. The first-order chi connectivity index (χ1) is 17.4. The van der Waals surface area contributed by atoms with Gasteiger partial charge in [-0.1, -0.05) is 69.4 Å². The summed E-state index contributed by atoms with van der Waals surface area (Å²) >= 11 is 2.23. The maximum atomic E-state index is 13.5. The molecule has 3 rings (SSSR count). The van der Waals surface area contributed by atoms with Crippen LogP contribution in [0.2, 0.25) is 0 Å². The Morgan fingerprint density at radius 3 is 2.59 bits per heavy atom. The number of rotatable bonds is 11. The summed E-state index contributed by atoms with van der Waals surface area (Å²) in [5.41, 5.74) is 0.781. The molecule has 2 heterocycles. The fourth-order valence-corrected chi connectivity index (χ4v) is 7.15. The normalized spacial score (nSPS) is 25.7. The first-order valence-electron chi connectivity index (χ1n) is 11.7. The van der Waals surface area contributed by atoms with Gasteiger partial charge in [-0.05, 0) is 11.6 Å². The second kappa shape index (κ2) is 12.9. The van der Waals surface area contributed by atoms with Crippen molar-refractivity contribution >= 4 is 42.4 Å². The number of carbonyl (C=O) groups excluding carboxylic acids is 2. The van der Waals surface area contributed by atoms with E-state index < -0.39 is 42.0 Å². The van der Waals surface area contributed by atoms with Crippen molar-refractivity contribution in [2.45, 2.75) is 50.1 Å². The van der Waals surface area contributed by atoms with Gasteiger partial charge in [0, 0.05) is 29.6 Å². The van der Waals surface area contributed by atoms with Crippen molar-refractivity contribution in [1.29, 1.82) is 0 Å². The number of thioether (sulfide) groups is 2. The number of hydrogen-bond acceptors (Lipinski definition) is 9. The molecule has 5 atom stereocenters. The molecule has 0 saturated carbocycles. The van der Waals surface area contributed by atoms with E-state index in [1.807, 2.05) is 51.1 Å². The molecule has 13 heteroatoms. The number of hydrogen-bond donors (Lipinski definition) is 4. The molecule has 0 aromatic heterocycles. The molecule has 0 radical (unpaired) electrons. The Balaban J connectivity index is 1.62. The summed E-state index contributed by atoms with van der Waals surface area (Å²) in [6.07, 6.45) is 0.592. The Kier molecular flexibility index (Phi) is 10.5. The number of allylic oxidation sites excluding steroid dienone is 1. The highest BCUT2D eigenvalue weighted by atomic mass is 32.2. The number of nitrogens with one attached hydrogen (secondary N) is 2. The van der Waals surface area contributed by atoms with Crippen LogP contribution in [0.3, 0.4) is 0 Å². The van der Waals surface area contributed by atoms with Gasteiger partial charge in [0.25, 0.3) is 0 Å². The molecular weight excluding hydrogens is 537 g/mol. The van der Waals surface area contributed by atoms with E-state index in [1.54, 1.807) is 6.08 Å². The highest BCUT2D eigenvalue weighted by molar-refractivity contribution is 8.13. The number of aliphatic hydroxyl groups is 2. The van der Waals surface area contributed by atoms with Gasteiger partial charge in [-0.3, -0.25) is 18.7 Å². The van der Waals surface area contributed by atoms with Crippen LogP contribution in [-0.2, 0) is 25.0 Å². The Hall–Kier alpha value is -1.63. The molecule has 37 heavy (non-hydrogen) atoms. The minimum absolute atomic E-state index is 0.000201. The SMILES string of the molecule is C=C1C=CN([C@@H]2S[C@H](CO[P@@](=O)(NCc3ccccc3)OCCSC(=O)C(C)(C)C)[C@@H](O)[C@H]2O)C(=O)N1. The van der Waals surface area contributed by atoms with Crippen molar-refractivity contribution in [1.82, 2.24) is 15.3 Å². The third kappa shape index (κ3) is 8.43. The number of nitrogens with zero attached hydrogens (tertiary/aromatic N) is 1. The lowest BCUT2D eigenvalue weighted by atomic mass is 10.00. The molecule has 10 nitrogen and oxygen atoms in total. The van der Waals surface area contributed by atoms with Crippen molar-refractivity contribution in [3.8, 4) is 0 Å². The van der Waals surface area contributed by atoms with E-state index in [2.05, 4.69) is 17.0 Å². The number of amides is 2. The molecule has 2 aliphatic heterocycles. The van der Waals surface area contributed by atoms with Gasteiger partial charge in [-0.15, -0.1) is 11.8 Å². The zero-order valence-electron chi connectivity index (χ0n) is 21.0. The summed E-state index contributed by atoms with van der Waals surface area (Å²) in [5, 5.41) is 25.1. The molecule has 204 valence electrons. The van der Waals surface area contributed by atoms with E-state index in [9.17, 15) is 24.4 Å². The Morgan fingerprint density at radius 1 is 1.24 bits per heavy atom. The van der Waals surface area contributed by atoms with Gasteiger partial charge >= 0.3 is 13.8 Å². The van der Waals surface area contributed by atoms with Crippen LogP contribution in [0.15, 0.2) is 54.9 Å². The molecule has 4 N–H and O–H groups in total. The van der Waals surface area contributed by atoms with Crippen molar-refractivity contribution in [2.75, 3.05) is 19.0 Å². The zero-order chi connectivity index (χ0) is 27.2. The first kappa shape index (κ1) is 29.9. The molecule has 1 aromatic carbocycles. The van der Waals surface area contributed by atoms with Gasteiger partial charge in [-0.25, -0.2) is 14.4 Å². The summed E-state index contributed by atoms with van der Waals surface area (Å²) in [4.78, 5) is 25.8. The highest BCUT2D eigenvalue weighted by Gasteiger charge is 2.47. The number of aliphatic hydroxyl groups excluding tert-OH is 2. The van der Waals surface area contributed by atoms with Crippen LogP contribution in [-0.4, -0.2) is 68.1 Å². The van der Waals surface area contributed by atoms with Crippen LogP contribution < -0.4 is 10.4 Å². The van der Waals surface area contributed by atoms with Crippen LogP contribution in [0.4, 0.5) is 4.79 Å². The second-order valence-corrected chi connectivity index (χ2v) is 13.8. The van der Waals surface area contributed by atoms with Crippen LogP contribution >= 0.6 is 31.3 Å². The van der Waals surface area contributed by atoms with E-state index in [1.165, 1.54) is 11.1 Å². The van der Waals surface area contributed by atoms with E-state index >= 15 is 0 Å². The molecular formula is C24H34N3O7PS2. The predicted octanol–water partition coefficient (Wildman–Crippen LogP) is 3.44. The van der Waals surface area contributed by atoms with E-state index in [4.69, 9.17) is 9.05 Å². The van der Waals surface area contributed by atoms with E-state index in [0.29, 0.717) is 11.4 Å². The lowest BCUT2D eigenvalue weighted by molar-refractivity contribution is -0.117. The van der Waals surface area contributed by atoms with Crippen LogP contribution in [0.25, 0.3) is 0 Å². The van der Waals surface area contributed by atoms with Gasteiger partial charge in [0.1, 0.15) is 11.5 Å². The monoisotopic (exact) mass is 571 g/mol. The largest absolute Gasteiger partial charge is 0.405 e. The maximum absolute atomic E-state index is 13.5. The lowest BCUT2D eigenvalue weighted by Crippen LogP contribution is -2.48. The van der Waals surface area contributed by atoms with Gasteiger partial charge < -0.3 is 15.5 Å². The molecule has 0 unspecified atom stereocenters. The number of urea groups is 1. The minimum atomic E-state index is -3.86. The summed E-state index contributed by atoms with van der Waals surface area (Å²) in [6, 6.07) is 8.82. The van der Waals surface area contributed by atoms with Crippen LogP contribution in [0.5, 0.6) is 0 Å². The molecule has 1 aromatic rings. The number of carbonyl (C=O) groups is 2. The molecule has 0 bridgehead atoms. The first-order valence-corrected chi connectivity index (χ1v) is 15.2.